The maximum Gasteiger partial charge on any atom is 0.152 e. The number of hydrogen-bond donors (Lipinski definition) is 3. The van der Waals surface area contributed by atoms with E-state index in [0.29, 0.717) is 24.0 Å². The van der Waals surface area contributed by atoms with Crippen molar-refractivity contribution in [2.75, 3.05) is 12.4 Å². The molecule has 6 heteroatoms. The number of hydrogen-bond acceptors (Lipinski definition) is 4. The molecule has 1 aromatic heterocycles. The zero-order chi connectivity index (χ0) is 27.7. The molecule has 0 bridgehead atoms. The summed E-state index contributed by atoms with van der Waals surface area (Å²) in [6.45, 7) is 15.6. The Hall–Kier alpha value is -2.86. The van der Waals surface area contributed by atoms with Gasteiger partial charge in [-0.3, -0.25) is 5.10 Å². The van der Waals surface area contributed by atoms with Crippen LogP contribution in [0.3, 0.4) is 0 Å². The molecule has 1 aromatic carbocycles. The smallest absolute Gasteiger partial charge is 0.152 e. The van der Waals surface area contributed by atoms with Crippen molar-refractivity contribution in [1.29, 1.82) is 0 Å². The lowest BCUT2D eigenvalue weighted by Crippen LogP contribution is -2.16. The number of aromatic amines is 1. The molecule has 2 atom stereocenters. The third kappa shape index (κ3) is 7.83. The van der Waals surface area contributed by atoms with E-state index < -0.39 is 0 Å². The molecule has 0 amide bonds. The molecule has 0 spiro atoms. The van der Waals surface area contributed by atoms with E-state index in [1.807, 2.05) is 31.3 Å². The van der Waals surface area contributed by atoms with Gasteiger partial charge in [-0.05, 0) is 74.3 Å². The number of nitrogens with zero attached hydrogens (tertiary/aromatic N) is 1. The molecule has 0 aliphatic heterocycles. The highest BCUT2D eigenvalue weighted by molar-refractivity contribution is 5.59. The fourth-order valence-electron chi connectivity index (χ4n) is 4.86. The summed E-state index contributed by atoms with van der Waals surface area (Å²) in [6.07, 6.45) is 13.2. The maximum absolute atomic E-state index is 15.4. The molecule has 5 nitrogen and oxygen atoms in total. The van der Waals surface area contributed by atoms with E-state index in [0.717, 1.165) is 73.1 Å². The molecule has 1 fully saturated rings. The summed E-state index contributed by atoms with van der Waals surface area (Å²) in [5.74, 6) is 1.61. The largest absolute Gasteiger partial charge is 0.490 e. The van der Waals surface area contributed by atoms with Gasteiger partial charge in [0.25, 0.3) is 0 Å². The van der Waals surface area contributed by atoms with Gasteiger partial charge >= 0.3 is 0 Å². The Balaban J connectivity index is 1.68. The van der Waals surface area contributed by atoms with Crippen molar-refractivity contribution in [2.24, 2.45) is 5.41 Å². The third-order valence-corrected chi connectivity index (χ3v) is 7.29. The number of aromatic nitrogens is 2. The molecule has 0 radical (unpaired) electrons. The van der Waals surface area contributed by atoms with Crippen LogP contribution in [0.5, 0.6) is 0 Å². The van der Waals surface area contributed by atoms with Crippen LogP contribution in [-0.2, 0) is 17.7 Å². The van der Waals surface area contributed by atoms with Gasteiger partial charge in [-0.15, -0.1) is 0 Å². The maximum atomic E-state index is 15.4. The van der Waals surface area contributed by atoms with Gasteiger partial charge < -0.3 is 15.4 Å². The quantitative estimate of drug-likeness (QED) is 0.182. The predicted octanol–water partition coefficient (Wildman–Crippen LogP) is 8.46. The number of halogens is 1. The Morgan fingerprint density at radius 2 is 2.05 bits per heavy atom. The Bertz CT molecular complexity index is 1120. The predicted molar refractivity (Wildman–Crippen MR) is 157 cm³/mol. The molecule has 3 rings (SSSR count). The number of unbranched alkanes of at least 4 members (excludes halogenated alkanes) is 1. The molecule has 0 saturated heterocycles. The average Bonchev–Trinajstić information content (AvgIpc) is 3.54. The van der Waals surface area contributed by atoms with Gasteiger partial charge in [0.2, 0.25) is 0 Å². The van der Waals surface area contributed by atoms with Crippen LogP contribution in [0.4, 0.5) is 15.9 Å². The molecule has 1 saturated carbocycles. The number of rotatable bonds is 13. The van der Waals surface area contributed by atoms with Crippen molar-refractivity contribution >= 4 is 11.5 Å². The summed E-state index contributed by atoms with van der Waals surface area (Å²) in [5.41, 5.74) is 4.25. The van der Waals surface area contributed by atoms with E-state index in [1.165, 1.54) is 0 Å². The molecule has 2 aromatic rings. The highest BCUT2D eigenvalue weighted by Crippen LogP contribution is 2.39. The monoisotopic (exact) mass is 522 g/mol. The lowest BCUT2D eigenvalue weighted by Gasteiger charge is -2.26. The number of ether oxygens (including phenoxy) is 1. The molecule has 2 unspecified atom stereocenters. The van der Waals surface area contributed by atoms with Gasteiger partial charge in [-0.25, -0.2) is 4.39 Å². The van der Waals surface area contributed by atoms with E-state index in [2.05, 4.69) is 74.2 Å². The van der Waals surface area contributed by atoms with Crippen LogP contribution >= 0.6 is 0 Å². The van der Waals surface area contributed by atoms with E-state index >= 15 is 4.39 Å². The summed E-state index contributed by atoms with van der Waals surface area (Å²) in [5, 5.41) is 13.9. The Morgan fingerprint density at radius 1 is 1.26 bits per heavy atom. The van der Waals surface area contributed by atoms with Gasteiger partial charge in [-0.1, -0.05) is 65.8 Å². The van der Waals surface area contributed by atoms with Crippen molar-refractivity contribution in [3.05, 3.63) is 77.0 Å². The molecular formula is C32H47FN4O. The molecule has 1 heterocycles. The van der Waals surface area contributed by atoms with Crippen LogP contribution in [0, 0.1) is 11.2 Å². The molecule has 3 N–H and O–H groups in total. The van der Waals surface area contributed by atoms with Gasteiger partial charge in [0.15, 0.2) is 11.6 Å². The summed E-state index contributed by atoms with van der Waals surface area (Å²) in [4.78, 5) is 0. The summed E-state index contributed by atoms with van der Waals surface area (Å²) in [7, 11) is 1.85. The number of nitrogens with one attached hydrogen (secondary N) is 3. The Morgan fingerprint density at radius 3 is 2.74 bits per heavy atom. The minimum atomic E-state index is -0.206. The number of allylic oxidation sites excluding steroid dienone is 4. The minimum absolute atomic E-state index is 0.0651. The molecule has 208 valence electrons. The second kappa shape index (κ2) is 13.8. The van der Waals surface area contributed by atoms with Crippen LogP contribution < -0.4 is 10.6 Å². The first kappa shape index (κ1) is 29.7. The highest BCUT2D eigenvalue weighted by Gasteiger charge is 2.31. The van der Waals surface area contributed by atoms with Crippen molar-refractivity contribution in [2.45, 2.75) is 98.1 Å². The zero-order valence-electron chi connectivity index (χ0n) is 24.2. The summed E-state index contributed by atoms with van der Waals surface area (Å²) in [6, 6.07) is 5.87. The SMILES string of the molecule is C=C(/C(=C\C=C/CC)OC1CCC(c2cc(Nc3ccc(CCCC)c(CNC)c3F)n[nH]2)C1)C(C)(C)C. The van der Waals surface area contributed by atoms with Crippen LogP contribution in [-0.4, -0.2) is 23.3 Å². The highest BCUT2D eigenvalue weighted by atomic mass is 19.1. The lowest BCUT2D eigenvalue weighted by atomic mass is 9.86. The topological polar surface area (TPSA) is 62.0 Å². The van der Waals surface area contributed by atoms with Crippen LogP contribution in [0.15, 0.2) is 54.3 Å². The molecular weight excluding hydrogens is 475 g/mol. The van der Waals surface area contributed by atoms with Crippen LogP contribution in [0.2, 0.25) is 0 Å². The summed E-state index contributed by atoms with van der Waals surface area (Å²) < 4.78 is 21.9. The molecule has 1 aliphatic carbocycles. The van der Waals surface area contributed by atoms with Gasteiger partial charge in [0, 0.05) is 29.8 Å². The zero-order valence-corrected chi connectivity index (χ0v) is 24.2. The van der Waals surface area contributed by atoms with E-state index in [4.69, 9.17) is 4.74 Å². The van der Waals surface area contributed by atoms with E-state index in [1.54, 1.807) is 0 Å². The first-order chi connectivity index (χ1) is 18.2. The van der Waals surface area contributed by atoms with Gasteiger partial charge in [0.1, 0.15) is 5.76 Å². The van der Waals surface area contributed by atoms with Crippen LogP contribution in [0.1, 0.15) is 95.9 Å². The molecule has 38 heavy (non-hydrogen) atoms. The van der Waals surface area contributed by atoms with Gasteiger partial charge in [0.05, 0.1) is 11.8 Å². The van der Waals surface area contributed by atoms with Crippen molar-refractivity contribution in [3.8, 4) is 0 Å². The number of H-pyrrole nitrogens is 1. The van der Waals surface area contributed by atoms with Crippen molar-refractivity contribution < 1.29 is 9.13 Å². The summed E-state index contributed by atoms with van der Waals surface area (Å²) >= 11 is 0. The molecule has 1 aliphatic rings. The third-order valence-electron chi connectivity index (χ3n) is 7.29. The Labute approximate surface area is 229 Å². The van der Waals surface area contributed by atoms with Crippen molar-refractivity contribution in [1.82, 2.24) is 15.5 Å². The van der Waals surface area contributed by atoms with Crippen molar-refractivity contribution in [3.63, 3.8) is 0 Å². The fraction of sp³-hybridized carbons (Fsp3) is 0.531. The van der Waals surface area contributed by atoms with Gasteiger partial charge in [-0.2, -0.15) is 5.10 Å². The lowest BCUT2D eigenvalue weighted by molar-refractivity contribution is 0.121. The average molecular weight is 523 g/mol. The second-order valence-corrected chi connectivity index (χ2v) is 11.4. The van der Waals surface area contributed by atoms with Crippen LogP contribution in [0.25, 0.3) is 0 Å². The first-order valence-corrected chi connectivity index (χ1v) is 14.2. The normalized spacial score (nSPS) is 18.3. The minimum Gasteiger partial charge on any atom is -0.490 e. The standard InChI is InChI=1S/C32H47FN4O/c1-8-10-12-14-29(22(3)32(4,5)6)38-25-17-15-24(19-25)28-20-30(37-36-28)35-27-18-16-23(13-11-9-2)26(21-34-7)31(27)33/h10,12,14,16,18,20,24-25,34H,3,8-9,11,13,15,17,19,21H2,1-2,4-7H3,(H2,35,36,37)/b12-10-,29-14+. The number of aryl methyl sites for hydroxylation is 1. The second-order valence-electron chi connectivity index (χ2n) is 11.4. The first-order valence-electron chi connectivity index (χ1n) is 14.2. The van der Waals surface area contributed by atoms with E-state index in [-0.39, 0.29) is 17.3 Å². The number of anilines is 2. The fourth-order valence-corrected chi connectivity index (χ4v) is 4.86. The van der Waals surface area contributed by atoms with E-state index in [9.17, 15) is 0 Å². The number of benzene rings is 1. The Kier molecular flexibility index (Phi) is 10.8.